The maximum Gasteiger partial charge on any atom is 0.318 e. The van der Waals surface area contributed by atoms with Gasteiger partial charge in [-0.2, -0.15) is 0 Å². The first-order valence-corrected chi connectivity index (χ1v) is 7.02. The number of carbonyl (C=O) groups is 1. The van der Waals surface area contributed by atoms with Crippen molar-refractivity contribution in [2.75, 3.05) is 17.7 Å². The molecule has 1 aromatic rings. The zero-order chi connectivity index (χ0) is 13.7. The van der Waals surface area contributed by atoms with Crippen LogP contribution in [0.1, 0.15) is 32.6 Å². The molecule has 0 aromatic heterocycles. The number of urea groups is 1. The molecule has 2 unspecified atom stereocenters. The van der Waals surface area contributed by atoms with Crippen LogP contribution in [-0.4, -0.2) is 19.1 Å². The van der Waals surface area contributed by atoms with E-state index in [1.54, 1.807) is 7.05 Å². The van der Waals surface area contributed by atoms with E-state index in [2.05, 4.69) is 22.9 Å². The lowest BCUT2D eigenvalue weighted by Crippen LogP contribution is -2.26. The second-order valence-corrected chi connectivity index (χ2v) is 5.39. The number of hydrogen-bond donors (Lipinski definition) is 3. The summed E-state index contributed by atoms with van der Waals surface area (Å²) in [5.41, 5.74) is 1.93. The second kappa shape index (κ2) is 6.45. The van der Waals surface area contributed by atoms with E-state index in [4.69, 9.17) is 0 Å². The fraction of sp³-hybridized carbons (Fsp3) is 0.533. The van der Waals surface area contributed by atoms with E-state index < -0.39 is 0 Å². The molecule has 1 aromatic carbocycles. The molecule has 0 bridgehead atoms. The van der Waals surface area contributed by atoms with E-state index in [1.807, 2.05) is 24.3 Å². The molecule has 104 valence electrons. The molecule has 0 saturated heterocycles. The molecule has 1 fully saturated rings. The van der Waals surface area contributed by atoms with Crippen molar-refractivity contribution in [3.8, 4) is 0 Å². The van der Waals surface area contributed by atoms with Crippen molar-refractivity contribution >= 4 is 17.4 Å². The fourth-order valence-corrected chi connectivity index (χ4v) is 2.64. The highest BCUT2D eigenvalue weighted by atomic mass is 16.2. The van der Waals surface area contributed by atoms with Crippen LogP contribution in [0.4, 0.5) is 16.2 Å². The van der Waals surface area contributed by atoms with E-state index >= 15 is 0 Å². The van der Waals surface area contributed by atoms with Crippen LogP contribution in [0.15, 0.2) is 24.3 Å². The van der Waals surface area contributed by atoms with Crippen molar-refractivity contribution in [3.05, 3.63) is 24.3 Å². The zero-order valence-electron chi connectivity index (χ0n) is 11.7. The van der Waals surface area contributed by atoms with Crippen LogP contribution in [0.2, 0.25) is 0 Å². The minimum absolute atomic E-state index is 0.193. The lowest BCUT2D eigenvalue weighted by Gasteiger charge is -2.28. The Kier molecular flexibility index (Phi) is 4.66. The first-order valence-electron chi connectivity index (χ1n) is 7.02. The highest BCUT2D eigenvalue weighted by Gasteiger charge is 2.18. The molecule has 2 amide bonds. The standard InChI is InChI=1S/C15H23N3O/c1-11-4-3-5-14(10-11)17-12-6-8-13(9-7-12)18-15(19)16-2/h6-9,11,14,17H,3-5,10H2,1-2H3,(H2,16,18,19). The van der Waals surface area contributed by atoms with E-state index in [0.717, 1.165) is 17.3 Å². The average molecular weight is 261 g/mol. The number of rotatable bonds is 3. The zero-order valence-corrected chi connectivity index (χ0v) is 11.7. The van der Waals surface area contributed by atoms with Gasteiger partial charge in [-0.05, 0) is 43.0 Å². The third-order valence-corrected chi connectivity index (χ3v) is 3.68. The molecule has 0 radical (unpaired) electrons. The van der Waals surface area contributed by atoms with Crippen LogP contribution < -0.4 is 16.0 Å². The van der Waals surface area contributed by atoms with Gasteiger partial charge in [-0.1, -0.05) is 19.8 Å². The maximum absolute atomic E-state index is 11.2. The van der Waals surface area contributed by atoms with Gasteiger partial charge < -0.3 is 16.0 Å². The Morgan fingerprint density at radius 3 is 2.47 bits per heavy atom. The van der Waals surface area contributed by atoms with Gasteiger partial charge in [-0.15, -0.1) is 0 Å². The van der Waals surface area contributed by atoms with Gasteiger partial charge in [-0.25, -0.2) is 4.79 Å². The molecule has 1 aliphatic carbocycles. The van der Waals surface area contributed by atoms with Gasteiger partial charge >= 0.3 is 6.03 Å². The predicted octanol–water partition coefficient (Wildman–Crippen LogP) is 3.43. The third kappa shape index (κ3) is 4.16. The lowest BCUT2D eigenvalue weighted by molar-refractivity contribution is 0.254. The summed E-state index contributed by atoms with van der Waals surface area (Å²) in [5.74, 6) is 0.820. The molecule has 1 aliphatic rings. The number of carbonyl (C=O) groups excluding carboxylic acids is 1. The maximum atomic E-state index is 11.2. The van der Waals surface area contributed by atoms with E-state index in [1.165, 1.54) is 25.7 Å². The SMILES string of the molecule is CNC(=O)Nc1ccc(NC2CCCC(C)C2)cc1. The van der Waals surface area contributed by atoms with Gasteiger partial charge in [0, 0.05) is 24.5 Å². The molecule has 2 rings (SSSR count). The van der Waals surface area contributed by atoms with Crippen LogP contribution in [-0.2, 0) is 0 Å². The van der Waals surface area contributed by atoms with Crippen LogP contribution in [0.3, 0.4) is 0 Å². The molecular formula is C15H23N3O. The van der Waals surface area contributed by atoms with Crippen LogP contribution >= 0.6 is 0 Å². The van der Waals surface area contributed by atoms with Gasteiger partial charge in [-0.3, -0.25) is 0 Å². The van der Waals surface area contributed by atoms with Crippen molar-refractivity contribution in [1.82, 2.24) is 5.32 Å². The second-order valence-electron chi connectivity index (χ2n) is 5.39. The molecule has 2 atom stereocenters. The Bertz CT molecular complexity index is 416. The summed E-state index contributed by atoms with van der Waals surface area (Å²) in [5, 5.41) is 8.86. The normalized spacial score (nSPS) is 22.6. The quantitative estimate of drug-likeness (QED) is 0.780. The molecule has 4 heteroatoms. The Balaban J connectivity index is 1.89. The van der Waals surface area contributed by atoms with E-state index in [0.29, 0.717) is 6.04 Å². The van der Waals surface area contributed by atoms with Gasteiger partial charge in [0.15, 0.2) is 0 Å². The summed E-state index contributed by atoms with van der Waals surface area (Å²) in [6.07, 6.45) is 5.17. The molecule has 0 spiro atoms. The number of nitrogens with one attached hydrogen (secondary N) is 3. The number of anilines is 2. The number of amides is 2. The number of hydrogen-bond acceptors (Lipinski definition) is 2. The van der Waals surface area contributed by atoms with Crippen molar-refractivity contribution in [2.24, 2.45) is 5.92 Å². The molecular weight excluding hydrogens is 238 g/mol. The summed E-state index contributed by atoms with van der Waals surface area (Å²) in [4.78, 5) is 11.2. The molecule has 3 N–H and O–H groups in total. The third-order valence-electron chi connectivity index (χ3n) is 3.68. The Labute approximate surface area is 115 Å². The molecule has 4 nitrogen and oxygen atoms in total. The molecule has 19 heavy (non-hydrogen) atoms. The smallest absolute Gasteiger partial charge is 0.318 e. The number of benzene rings is 1. The summed E-state index contributed by atoms with van der Waals surface area (Å²) in [6, 6.07) is 8.27. The van der Waals surface area contributed by atoms with Crippen LogP contribution in [0.5, 0.6) is 0 Å². The summed E-state index contributed by atoms with van der Waals surface area (Å²) < 4.78 is 0. The fourth-order valence-electron chi connectivity index (χ4n) is 2.64. The van der Waals surface area contributed by atoms with Crippen LogP contribution in [0, 0.1) is 5.92 Å². The van der Waals surface area contributed by atoms with E-state index in [-0.39, 0.29) is 6.03 Å². The molecule has 0 heterocycles. The first kappa shape index (κ1) is 13.7. The van der Waals surface area contributed by atoms with Crippen molar-refractivity contribution in [3.63, 3.8) is 0 Å². The highest BCUT2D eigenvalue weighted by Crippen LogP contribution is 2.26. The molecule has 0 aliphatic heterocycles. The Morgan fingerprint density at radius 1 is 1.16 bits per heavy atom. The topological polar surface area (TPSA) is 53.2 Å². The first-order chi connectivity index (χ1) is 9.17. The van der Waals surface area contributed by atoms with E-state index in [9.17, 15) is 4.79 Å². The minimum atomic E-state index is -0.193. The lowest BCUT2D eigenvalue weighted by atomic mass is 9.87. The highest BCUT2D eigenvalue weighted by molar-refractivity contribution is 5.89. The van der Waals surface area contributed by atoms with Crippen LogP contribution in [0.25, 0.3) is 0 Å². The minimum Gasteiger partial charge on any atom is -0.382 e. The predicted molar refractivity (Wildman–Crippen MR) is 79.6 cm³/mol. The summed E-state index contributed by atoms with van der Waals surface area (Å²) in [7, 11) is 1.61. The van der Waals surface area contributed by atoms with Crippen molar-refractivity contribution in [1.29, 1.82) is 0 Å². The summed E-state index contributed by atoms with van der Waals surface area (Å²) in [6.45, 7) is 2.32. The Hall–Kier alpha value is -1.71. The molecule has 1 saturated carbocycles. The van der Waals surface area contributed by atoms with Gasteiger partial charge in [0.1, 0.15) is 0 Å². The largest absolute Gasteiger partial charge is 0.382 e. The van der Waals surface area contributed by atoms with Crippen molar-refractivity contribution in [2.45, 2.75) is 38.6 Å². The van der Waals surface area contributed by atoms with Crippen molar-refractivity contribution < 1.29 is 4.79 Å². The average Bonchev–Trinajstić information content (AvgIpc) is 2.41. The van der Waals surface area contributed by atoms with Gasteiger partial charge in [0.2, 0.25) is 0 Å². The van der Waals surface area contributed by atoms with Gasteiger partial charge in [0.25, 0.3) is 0 Å². The van der Waals surface area contributed by atoms with Gasteiger partial charge in [0.05, 0.1) is 0 Å². The summed E-state index contributed by atoms with van der Waals surface area (Å²) >= 11 is 0. The Morgan fingerprint density at radius 2 is 1.84 bits per heavy atom. The monoisotopic (exact) mass is 261 g/mol.